The number of fused-ring (bicyclic) bond motifs is 3. The van der Waals surface area contributed by atoms with E-state index in [1.54, 1.807) is 6.07 Å². The standard InChI is InChI=1S/C21H24O4S/c22-18-5-4-16-2-1-3-17-12-19(6-7-20(17)21(16)13-18)25-14-15-8-10-26(23,24)11-9-15/h4-7,12-13,15,22H,1-3,8-11,14H2. The number of benzene rings is 2. The summed E-state index contributed by atoms with van der Waals surface area (Å²) in [5.74, 6) is 2.02. The summed E-state index contributed by atoms with van der Waals surface area (Å²) in [6.07, 6.45) is 4.47. The molecule has 0 aromatic heterocycles. The van der Waals surface area contributed by atoms with Gasteiger partial charge in [0.15, 0.2) is 0 Å². The van der Waals surface area contributed by atoms with Gasteiger partial charge in [0.1, 0.15) is 21.3 Å². The van der Waals surface area contributed by atoms with Crippen molar-refractivity contribution >= 4 is 9.84 Å². The van der Waals surface area contributed by atoms with Gasteiger partial charge in [0.2, 0.25) is 0 Å². The lowest BCUT2D eigenvalue weighted by Crippen LogP contribution is -2.26. The predicted octanol–water partition coefficient (Wildman–Crippen LogP) is 3.75. The highest BCUT2D eigenvalue weighted by molar-refractivity contribution is 7.91. The number of aromatic hydroxyl groups is 1. The summed E-state index contributed by atoms with van der Waals surface area (Å²) in [5.41, 5.74) is 4.81. The first-order valence-corrected chi connectivity index (χ1v) is 11.1. The van der Waals surface area contributed by atoms with Gasteiger partial charge in [-0.25, -0.2) is 8.42 Å². The molecule has 5 heteroatoms. The number of phenols is 1. The summed E-state index contributed by atoms with van der Waals surface area (Å²) in [6.45, 7) is 0.575. The van der Waals surface area contributed by atoms with Crippen molar-refractivity contribution in [3.63, 3.8) is 0 Å². The molecule has 2 aliphatic rings. The van der Waals surface area contributed by atoms with Crippen LogP contribution in [-0.2, 0) is 22.7 Å². The Labute approximate surface area is 154 Å². The molecule has 1 heterocycles. The first kappa shape index (κ1) is 17.4. The van der Waals surface area contributed by atoms with Gasteiger partial charge in [-0.05, 0) is 84.5 Å². The molecule has 138 valence electrons. The molecule has 4 rings (SSSR count). The predicted molar refractivity (Wildman–Crippen MR) is 102 cm³/mol. The van der Waals surface area contributed by atoms with Crippen LogP contribution in [-0.4, -0.2) is 31.6 Å². The van der Waals surface area contributed by atoms with Gasteiger partial charge in [0.25, 0.3) is 0 Å². The van der Waals surface area contributed by atoms with E-state index in [0.29, 0.717) is 31.1 Å². The number of aryl methyl sites for hydroxylation is 2. The van der Waals surface area contributed by atoms with E-state index in [1.165, 1.54) is 16.7 Å². The molecule has 0 atom stereocenters. The van der Waals surface area contributed by atoms with Gasteiger partial charge in [0, 0.05) is 0 Å². The van der Waals surface area contributed by atoms with Crippen LogP contribution in [0.4, 0.5) is 0 Å². The van der Waals surface area contributed by atoms with E-state index in [-0.39, 0.29) is 11.5 Å². The Morgan fingerprint density at radius 1 is 0.962 bits per heavy atom. The highest BCUT2D eigenvalue weighted by Gasteiger charge is 2.24. The third-order valence-electron chi connectivity index (χ3n) is 5.51. The summed E-state index contributed by atoms with van der Waals surface area (Å²) >= 11 is 0. The van der Waals surface area contributed by atoms with Crippen molar-refractivity contribution in [1.82, 2.24) is 0 Å². The summed E-state index contributed by atoms with van der Waals surface area (Å²) in [5, 5.41) is 9.86. The molecule has 0 radical (unpaired) electrons. The molecule has 2 aromatic rings. The Morgan fingerprint density at radius 2 is 1.73 bits per heavy atom. The molecular weight excluding hydrogens is 348 g/mol. The van der Waals surface area contributed by atoms with Crippen LogP contribution in [0.25, 0.3) is 11.1 Å². The van der Waals surface area contributed by atoms with Crippen molar-refractivity contribution in [2.45, 2.75) is 32.1 Å². The molecule has 1 saturated heterocycles. The van der Waals surface area contributed by atoms with Gasteiger partial charge in [-0.2, -0.15) is 0 Å². The Bertz CT molecular complexity index is 904. The van der Waals surface area contributed by atoms with Crippen LogP contribution < -0.4 is 4.74 Å². The SMILES string of the molecule is O=S1(=O)CCC(COc2ccc3c(c2)CCCc2ccc(O)cc2-3)CC1. The van der Waals surface area contributed by atoms with E-state index in [2.05, 4.69) is 12.1 Å². The van der Waals surface area contributed by atoms with Crippen molar-refractivity contribution in [2.24, 2.45) is 5.92 Å². The zero-order chi connectivity index (χ0) is 18.1. The summed E-state index contributed by atoms with van der Waals surface area (Å²) in [4.78, 5) is 0. The third kappa shape index (κ3) is 3.73. The van der Waals surface area contributed by atoms with Crippen molar-refractivity contribution < 1.29 is 18.3 Å². The molecule has 0 spiro atoms. The second kappa shape index (κ2) is 6.95. The molecule has 26 heavy (non-hydrogen) atoms. The highest BCUT2D eigenvalue weighted by atomic mass is 32.2. The summed E-state index contributed by atoms with van der Waals surface area (Å²) in [6, 6.07) is 11.8. The minimum absolute atomic E-state index is 0.283. The van der Waals surface area contributed by atoms with Crippen molar-refractivity contribution in [1.29, 1.82) is 0 Å². The third-order valence-corrected chi connectivity index (χ3v) is 7.23. The quantitative estimate of drug-likeness (QED) is 0.891. The molecule has 0 unspecified atom stereocenters. The van der Waals surface area contributed by atoms with Crippen LogP contribution in [0.5, 0.6) is 11.5 Å². The number of hydrogen-bond acceptors (Lipinski definition) is 4. The molecule has 1 aliphatic carbocycles. The fourth-order valence-electron chi connectivity index (χ4n) is 3.95. The number of sulfone groups is 1. The normalized spacial score (nSPS) is 19.2. The van der Waals surface area contributed by atoms with Gasteiger partial charge in [-0.3, -0.25) is 0 Å². The lowest BCUT2D eigenvalue weighted by molar-refractivity contribution is 0.238. The Morgan fingerprint density at radius 3 is 2.54 bits per heavy atom. The van der Waals surface area contributed by atoms with Crippen LogP contribution in [0.1, 0.15) is 30.4 Å². The average Bonchev–Trinajstić information content (AvgIpc) is 2.79. The van der Waals surface area contributed by atoms with Gasteiger partial charge in [0.05, 0.1) is 18.1 Å². The number of ether oxygens (including phenoxy) is 1. The smallest absolute Gasteiger partial charge is 0.150 e. The lowest BCUT2D eigenvalue weighted by atomic mass is 9.96. The molecule has 4 nitrogen and oxygen atoms in total. The van der Waals surface area contributed by atoms with Gasteiger partial charge in [-0.15, -0.1) is 0 Å². The first-order valence-electron chi connectivity index (χ1n) is 9.29. The van der Waals surface area contributed by atoms with Gasteiger partial charge < -0.3 is 9.84 Å². The highest BCUT2D eigenvalue weighted by Crippen LogP contribution is 2.36. The zero-order valence-corrected chi connectivity index (χ0v) is 15.6. The topological polar surface area (TPSA) is 63.6 Å². The number of hydrogen-bond donors (Lipinski definition) is 1. The minimum Gasteiger partial charge on any atom is -0.508 e. The van der Waals surface area contributed by atoms with E-state index >= 15 is 0 Å². The van der Waals surface area contributed by atoms with Crippen LogP contribution in [0.15, 0.2) is 36.4 Å². The molecule has 1 fully saturated rings. The fraction of sp³-hybridized carbons (Fsp3) is 0.429. The molecule has 0 saturated carbocycles. The van der Waals surface area contributed by atoms with Crippen LogP contribution in [0, 0.1) is 5.92 Å². The van der Waals surface area contributed by atoms with Crippen LogP contribution in [0.3, 0.4) is 0 Å². The van der Waals surface area contributed by atoms with E-state index in [4.69, 9.17) is 4.74 Å². The van der Waals surface area contributed by atoms with Crippen molar-refractivity contribution in [2.75, 3.05) is 18.1 Å². The number of rotatable bonds is 3. The minimum atomic E-state index is -2.82. The fourth-order valence-corrected chi connectivity index (χ4v) is 5.54. The Balaban J connectivity index is 1.50. The maximum atomic E-state index is 11.5. The van der Waals surface area contributed by atoms with E-state index < -0.39 is 9.84 Å². The maximum Gasteiger partial charge on any atom is 0.150 e. The second-order valence-electron chi connectivity index (χ2n) is 7.42. The lowest BCUT2D eigenvalue weighted by Gasteiger charge is -2.22. The van der Waals surface area contributed by atoms with E-state index in [9.17, 15) is 13.5 Å². The largest absolute Gasteiger partial charge is 0.508 e. The maximum absolute atomic E-state index is 11.5. The van der Waals surface area contributed by atoms with Crippen LogP contribution >= 0.6 is 0 Å². The second-order valence-corrected chi connectivity index (χ2v) is 9.72. The summed E-state index contributed by atoms with van der Waals surface area (Å²) in [7, 11) is -2.82. The molecule has 0 bridgehead atoms. The monoisotopic (exact) mass is 372 g/mol. The van der Waals surface area contributed by atoms with Crippen molar-refractivity contribution in [3.8, 4) is 22.6 Å². The van der Waals surface area contributed by atoms with Gasteiger partial charge >= 0.3 is 0 Å². The van der Waals surface area contributed by atoms with E-state index in [1.807, 2.05) is 18.2 Å². The average molecular weight is 372 g/mol. The first-order chi connectivity index (χ1) is 12.5. The van der Waals surface area contributed by atoms with Gasteiger partial charge in [-0.1, -0.05) is 12.1 Å². The Hall–Kier alpha value is -2.01. The van der Waals surface area contributed by atoms with E-state index in [0.717, 1.165) is 30.6 Å². The number of phenolic OH excluding ortho intramolecular Hbond substituents is 1. The zero-order valence-electron chi connectivity index (χ0n) is 14.8. The molecule has 1 aliphatic heterocycles. The summed E-state index contributed by atoms with van der Waals surface area (Å²) < 4.78 is 29.0. The van der Waals surface area contributed by atoms with Crippen molar-refractivity contribution in [3.05, 3.63) is 47.5 Å². The Kier molecular flexibility index (Phi) is 4.65. The van der Waals surface area contributed by atoms with Crippen LogP contribution in [0.2, 0.25) is 0 Å². The molecular formula is C21H24O4S. The molecule has 0 amide bonds. The molecule has 1 N–H and O–H groups in total. The molecule has 2 aromatic carbocycles.